The lowest BCUT2D eigenvalue weighted by Crippen LogP contribution is -2.45. The Morgan fingerprint density at radius 2 is 2.20 bits per heavy atom. The van der Waals surface area contributed by atoms with Crippen molar-refractivity contribution in [3.8, 4) is 0 Å². The molecule has 2 aromatic heterocycles. The lowest BCUT2D eigenvalue weighted by Gasteiger charge is -2.37. The van der Waals surface area contributed by atoms with Crippen molar-refractivity contribution in [1.82, 2.24) is 29.7 Å². The summed E-state index contributed by atoms with van der Waals surface area (Å²) in [6.07, 6.45) is 7.45. The summed E-state index contributed by atoms with van der Waals surface area (Å²) in [4.78, 5) is 2.26. The SMILES string of the molecule is COCCn1cc(CN2CCC[C@](O)(c3cn(C(C)C)nn3)C2)cn1. The van der Waals surface area contributed by atoms with Crippen LogP contribution in [0.15, 0.2) is 18.6 Å². The van der Waals surface area contributed by atoms with Gasteiger partial charge in [-0.2, -0.15) is 5.10 Å². The molecule has 8 nitrogen and oxygen atoms in total. The van der Waals surface area contributed by atoms with Crippen molar-refractivity contribution >= 4 is 0 Å². The van der Waals surface area contributed by atoms with Gasteiger partial charge in [-0.25, -0.2) is 4.68 Å². The van der Waals surface area contributed by atoms with Crippen molar-refractivity contribution in [1.29, 1.82) is 0 Å². The van der Waals surface area contributed by atoms with Crippen LogP contribution in [-0.4, -0.2) is 61.6 Å². The quantitative estimate of drug-likeness (QED) is 0.809. The van der Waals surface area contributed by atoms with Gasteiger partial charge in [0.25, 0.3) is 0 Å². The van der Waals surface area contributed by atoms with Gasteiger partial charge in [0.1, 0.15) is 11.3 Å². The molecule has 1 aliphatic rings. The highest BCUT2D eigenvalue weighted by atomic mass is 16.5. The molecule has 25 heavy (non-hydrogen) atoms. The summed E-state index contributed by atoms with van der Waals surface area (Å²) in [5.74, 6) is 0. The monoisotopic (exact) mass is 348 g/mol. The Hall–Kier alpha value is -1.77. The molecule has 0 radical (unpaired) electrons. The highest BCUT2D eigenvalue weighted by molar-refractivity contribution is 5.11. The molecule has 0 bridgehead atoms. The molecule has 0 unspecified atom stereocenters. The lowest BCUT2D eigenvalue weighted by atomic mass is 9.90. The van der Waals surface area contributed by atoms with E-state index in [1.165, 1.54) is 0 Å². The molecule has 0 amide bonds. The number of nitrogens with zero attached hydrogens (tertiary/aromatic N) is 6. The molecule has 1 aliphatic heterocycles. The summed E-state index contributed by atoms with van der Waals surface area (Å²) in [7, 11) is 1.69. The van der Waals surface area contributed by atoms with Crippen LogP contribution in [0.2, 0.25) is 0 Å². The molecule has 3 rings (SSSR count). The maximum Gasteiger partial charge on any atom is 0.123 e. The standard InChI is InChI=1S/C17H28N6O2/c1-14(2)23-12-16(19-20-23)17(24)5-4-6-21(13-17)10-15-9-18-22(11-15)7-8-25-3/h9,11-12,14,24H,4-8,10,13H2,1-3H3/t17-/m1/s1. The predicted octanol–water partition coefficient (Wildman–Crippen LogP) is 1.19. The van der Waals surface area contributed by atoms with E-state index in [1.54, 1.807) is 11.8 Å². The highest BCUT2D eigenvalue weighted by Gasteiger charge is 2.37. The lowest BCUT2D eigenvalue weighted by molar-refractivity contribution is -0.0414. The third-order valence-electron chi connectivity index (χ3n) is 4.68. The molecule has 1 N–H and O–H groups in total. The fraction of sp³-hybridized carbons (Fsp3) is 0.706. The highest BCUT2D eigenvalue weighted by Crippen LogP contribution is 2.31. The molecule has 138 valence electrons. The van der Waals surface area contributed by atoms with Crippen molar-refractivity contribution in [2.75, 3.05) is 26.8 Å². The molecule has 1 atom stereocenters. The number of ether oxygens (including phenoxy) is 1. The number of piperidine rings is 1. The van der Waals surface area contributed by atoms with Crippen molar-refractivity contribution < 1.29 is 9.84 Å². The average Bonchev–Trinajstić information content (AvgIpc) is 3.23. The third kappa shape index (κ3) is 4.26. The van der Waals surface area contributed by atoms with E-state index in [1.807, 2.05) is 23.3 Å². The van der Waals surface area contributed by atoms with Gasteiger partial charge in [0, 0.05) is 38.0 Å². The first-order valence-corrected chi connectivity index (χ1v) is 8.87. The van der Waals surface area contributed by atoms with Gasteiger partial charge in [0.05, 0.1) is 25.5 Å². The second-order valence-corrected chi connectivity index (χ2v) is 7.13. The minimum atomic E-state index is -0.933. The van der Waals surface area contributed by atoms with Crippen LogP contribution >= 0.6 is 0 Å². The minimum Gasteiger partial charge on any atom is -0.383 e. The van der Waals surface area contributed by atoms with Crippen LogP contribution in [0.4, 0.5) is 0 Å². The number of methoxy groups -OCH3 is 1. The van der Waals surface area contributed by atoms with Crippen molar-refractivity contribution in [2.24, 2.45) is 0 Å². The first-order valence-electron chi connectivity index (χ1n) is 8.87. The first kappa shape index (κ1) is 18.0. The van der Waals surface area contributed by atoms with E-state index in [0.29, 0.717) is 25.3 Å². The van der Waals surface area contributed by atoms with Gasteiger partial charge in [-0.1, -0.05) is 5.21 Å². The van der Waals surface area contributed by atoms with Gasteiger partial charge in [0.2, 0.25) is 0 Å². The van der Waals surface area contributed by atoms with Crippen LogP contribution in [0.3, 0.4) is 0 Å². The van der Waals surface area contributed by atoms with Gasteiger partial charge < -0.3 is 9.84 Å². The number of hydrogen-bond donors (Lipinski definition) is 1. The van der Waals surface area contributed by atoms with E-state index < -0.39 is 5.60 Å². The van der Waals surface area contributed by atoms with E-state index in [-0.39, 0.29) is 6.04 Å². The zero-order valence-corrected chi connectivity index (χ0v) is 15.3. The van der Waals surface area contributed by atoms with Crippen molar-refractivity contribution in [2.45, 2.75) is 51.4 Å². The van der Waals surface area contributed by atoms with Crippen LogP contribution in [-0.2, 0) is 23.4 Å². The van der Waals surface area contributed by atoms with Crippen molar-refractivity contribution in [3.63, 3.8) is 0 Å². The summed E-state index contributed by atoms with van der Waals surface area (Å²) >= 11 is 0. The summed E-state index contributed by atoms with van der Waals surface area (Å²) in [5.41, 5.74) is 0.880. The Bertz CT molecular complexity index is 682. The molecule has 3 heterocycles. The van der Waals surface area contributed by atoms with Crippen molar-refractivity contribution in [3.05, 3.63) is 29.8 Å². The number of likely N-dealkylation sites (tertiary alicyclic amines) is 1. The Morgan fingerprint density at radius 3 is 2.92 bits per heavy atom. The Morgan fingerprint density at radius 1 is 1.36 bits per heavy atom. The number of hydrogen-bond acceptors (Lipinski definition) is 6. The summed E-state index contributed by atoms with van der Waals surface area (Å²) in [6.45, 7) is 7.80. The number of aromatic nitrogens is 5. The Kier molecular flexibility index (Phi) is 5.51. The van der Waals surface area contributed by atoms with E-state index in [2.05, 4.69) is 34.2 Å². The molecule has 1 saturated heterocycles. The van der Waals surface area contributed by atoms with Gasteiger partial charge >= 0.3 is 0 Å². The summed E-state index contributed by atoms with van der Waals surface area (Å²) in [5, 5.41) is 23.8. The molecular weight excluding hydrogens is 320 g/mol. The maximum absolute atomic E-state index is 11.1. The third-order valence-corrected chi connectivity index (χ3v) is 4.68. The Labute approximate surface area is 148 Å². The number of β-amino-alcohol motifs (C(OH)–C–C–N with tert-alkyl or cyclic N) is 1. The van der Waals surface area contributed by atoms with E-state index in [9.17, 15) is 5.11 Å². The zero-order chi connectivity index (χ0) is 17.9. The molecule has 0 aliphatic carbocycles. The van der Waals surface area contributed by atoms with Gasteiger partial charge in [0.15, 0.2) is 0 Å². The molecule has 1 fully saturated rings. The fourth-order valence-corrected chi connectivity index (χ4v) is 3.26. The smallest absolute Gasteiger partial charge is 0.123 e. The molecule has 8 heteroatoms. The normalized spacial score (nSPS) is 22.0. The van der Waals surface area contributed by atoms with Gasteiger partial charge in [-0.3, -0.25) is 9.58 Å². The fourth-order valence-electron chi connectivity index (χ4n) is 3.26. The second kappa shape index (κ2) is 7.63. The van der Waals surface area contributed by atoms with Crippen LogP contribution in [0.25, 0.3) is 0 Å². The Balaban J connectivity index is 1.64. The first-order chi connectivity index (χ1) is 12.0. The molecule has 0 aromatic carbocycles. The minimum absolute atomic E-state index is 0.238. The van der Waals surface area contributed by atoms with E-state index in [4.69, 9.17) is 4.74 Å². The largest absolute Gasteiger partial charge is 0.383 e. The van der Waals surface area contributed by atoms with Gasteiger partial charge in [-0.05, 0) is 33.2 Å². The molecule has 2 aromatic rings. The predicted molar refractivity (Wildman–Crippen MR) is 92.9 cm³/mol. The van der Waals surface area contributed by atoms with E-state index >= 15 is 0 Å². The van der Waals surface area contributed by atoms with Crippen LogP contribution in [0.5, 0.6) is 0 Å². The van der Waals surface area contributed by atoms with Crippen LogP contribution in [0.1, 0.15) is 44.0 Å². The maximum atomic E-state index is 11.1. The topological polar surface area (TPSA) is 81.2 Å². The summed E-state index contributed by atoms with van der Waals surface area (Å²) < 4.78 is 8.77. The van der Waals surface area contributed by atoms with Crippen LogP contribution in [0, 0.1) is 0 Å². The molecular formula is C17H28N6O2. The van der Waals surface area contributed by atoms with Gasteiger partial charge in [-0.15, -0.1) is 5.10 Å². The number of rotatable bonds is 7. The van der Waals surface area contributed by atoms with E-state index in [0.717, 1.165) is 31.6 Å². The summed E-state index contributed by atoms with van der Waals surface area (Å²) in [6, 6.07) is 0.238. The van der Waals surface area contributed by atoms with Crippen LogP contribution < -0.4 is 0 Å². The average molecular weight is 348 g/mol. The molecule has 0 spiro atoms. The number of aliphatic hydroxyl groups is 1. The second-order valence-electron chi connectivity index (χ2n) is 7.13. The zero-order valence-electron chi connectivity index (χ0n) is 15.3. The molecule has 0 saturated carbocycles.